The number of nitrogens with zero attached hydrogens (tertiary/aromatic N) is 2. The maximum absolute atomic E-state index is 12.9. The van der Waals surface area contributed by atoms with Crippen molar-refractivity contribution in [3.05, 3.63) is 99.7 Å². The number of carbonyl (C=O) groups is 2. The predicted molar refractivity (Wildman–Crippen MR) is 126 cm³/mol. The van der Waals surface area contributed by atoms with Crippen LogP contribution in [0.25, 0.3) is 11.0 Å². The number of hydrogen-bond donors (Lipinski definition) is 3. The third-order valence-corrected chi connectivity index (χ3v) is 5.26. The van der Waals surface area contributed by atoms with Crippen molar-refractivity contribution in [3.8, 4) is 0 Å². The van der Waals surface area contributed by atoms with Gasteiger partial charge in [0.15, 0.2) is 0 Å². The van der Waals surface area contributed by atoms with Crippen molar-refractivity contribution in [2.75, 3.05) is 6.54 Å². The molecule has 0 saturated heterocycles. The second-order valence-electron chi connectivity index (χ2n) is 7.63. The van der Waals surface area contributed by atoms with Crippen LogP contribution in [0, 0.1) is 0 Å². The van der Waals surface area contributed by atoms with Crippen molar-refractivity contribution in [3.63, 3.8) is 0 Å². The van der Waals surface area contributed by atoms with E-state index in [4.69, 9.17) is 0 Å². The van der Waals surface area contributed by atoms with Crippen molar-refractivity contribution in [2.24, 2.45) is 0 Å². The number of imidazole rings is 1. The first-order valence-corrected chi connectivity index (χ1v) is 10.8. The van der Waals surface area contributed by atoms with Crippen LogP contribution in [-0.2, 0) is 19.5 Å². The number of carbonyl (C=O) groups excluding carboxylic acids is 2. The Kier molecular flexibility index (Phi) is 6.64. The van der Waals surface area contributed by atoms with Crippen molar-refractivity contribution in [1.29, 1.82) is 0 Å². The van der Waals surface area contributed by atoms with E-state index in [1.54, 1.807) is 11.5 Å². The Morgan fingerprint density at radius 3 is 2.30 bits per heavy atom. The lowest BCUT2D eigenvalue weighted by molar-refractivity contribution is 0.0947. The van der Waals surface area contributed by atoms with Crippen LogP contribution in [0.15, 0.2) is 71.8 Å². The van der Waals surface area contributed by atoms with Crippen LogP contribution in [0.1, 0.15) is 39.0 Å². The molecule has 0 radical (unpaired) electrons. The number of hydrogen-bond acceptors (Lipinski definition) is 4. The largest absolute Gasteiger partial charge is 0.352 e. The average molecular weight is 444 g/mol. The number of aromatic nitrogens is 3. The molecule has 8 heteroatoms. The molecule has 0 aliphatic heterocycles. The summed E-state index contributed by atoms with van der Waals surface area (Å²) in [6.07, 6.45) is 3.70. The molecule has 2 aromatic heterocycles. The minimum absolute atomic E-state index is 0.0544. The zero-order valence-electron chi connectivity index (χ0n) is 18.3. The van der Waals surface area contributed by atoms with Gasteiger partial charge in [0, 0.05) is 25.5 Å². The molecule has 0 atom stereocenters. The monoisotopic (exact) mass is 443 g/mol. The molecule has 0 aliphatic rings. The van der Waals surface area contributed by atoms with Gasteiger partial charge in [-0.15, -0.1) is 0 Å². The van der Waals surface area contributed by atoms with E-state index in [1.165, 1.54) is 12.4 Å². The second kappa shape index (κ2) is 9.95. The Hall–Kier alpha value is -4.20. The molecule has 0 bridgehead atoms. The van der Waals surface area contributed by atoms with Crippen LogP contribution in [0.3, 0.4) is 0 Å². The SMILES string of the molecule is CCNC(=O)c1cn(CCc2ccccc2)cc(C(=O)NCc2nc3ccccc3[nH]2)c1=O. The third-order valence-electron chi connectivity index (χ3n) is 5.26. The first-order chi connectivity index (χ1) is 16.0. The van der Waals surface area contributed by atoms with Crippen molar-refractivity contribution >= 4 is 22.8 Å². The summed E-state index contributed by atoms with van der Waals surface area (Å²) < 4.78 is 1.72. The van der Waals surface area contributed by atoms with Crippen molar-refractivity contribution in [1.82, 2.24) is 25.2 Å². The lowest BCUT2D eigenvalue weighted by Gasteiger charge is -2.12. The van der Waals surface area contributed by atoms with Gasteiger partial charge >= 0.3 is 0 Å². The quantitative estimate of drug-likeness (QED) is 0.389. The molecule has 0 unspecified atom stereocenters. The van der Waals surface area contributed by atoms with Crippen LogP contribution in [0.2, 0.25) is 0 Å². The highest BCUT2D eigenvalue weighted by atomic mass is 16.2. The number of H-pyrrole nitrogens is 1. The van der Waals surface area contributed by atoms with Crippen molar-refractivity contribution < 1.29 is 9.59 Å². The lowest BCUT2D eigenvalue weighted by Crippen LogP contribution is -2.35. The van der Waals surface area contributed by atoms with Gasteiger partial charge in [-0.05, 0) is 31.0 Å². The van der Waals surface area contributed by atoms with Crippen LogP contribution in [0.5, 0.6) is 0 Å². The summed E-state index contributed by atoms with van der Waals surface area (Å²) in [5.41, 5.74) is 2.04. The molecule has 33 heavy (non-hydrogen) atoms. The highest BCUT2D eigenvalue weighted by molar-refractivity contribution is 5.99. The fourth-order valence-electron chi connectivity index (χ4n) is 3.59. The standard InChI is InChI=1S/C25H25N5O3/c1-2-26-24(32)18-15-30(13-12-17-8-4-3-5-9-17)16-19(23(18)31)25(33)27-14-22-28-20-10-6-7-11-21(20)29-22/h3-11,15-16H,2,12-14H2,1H3,(H,26,32)(H,27,33)(H,28,29). The number of pyridine rings is 1. The topological polar surface area (TPSA) is 109 Å². The first-order valence-electron chi connectivity index (χ1n) is 10.8. The molecular weight excluding hydrogens is 418 g/mol. The van der Waals surface area contributed by atoms with Gasteiger partial charge in [0.1, 0.15) is 17.0 Å². The number of nitrogens with one attached hydrogen (secondary N) is 3. The van der Waals surface area contributed by atoms with E-state index in [0.29, 0.717) is 25.3 Å². The molecule has 2 amide bonds. The molecule has 0 saturated carbocycles. The fraction of sp³-hybridized carbons (Fsp3) is 0.200. The van der Waals surface area contributed by atoms with Gasteiger partial charge < -0.3 is 20.2 Å². The summed E-state index contributed by atoms with van der Waals surface area (Å²) in [7, 11) is 0. The van der Waals surface area contributed by atoms with E-state index < -0.39 is 17.2 Å². The highest BCUT2D eigenvalue weighted by Crippen LogP contribution is 2.10. The third kappa shape index (κ3) is 5.17. The second-order valence-corrected chi connectivity index (χ2v) is 7.63. The summed E-state index contributed by atoms with van der Waals surface area (Å²) in [5, 5.41) is 5.38. The van der Waals surface area contributed by atoms with E-state index in [0.717, 1.165) is 16.6 Å². The van der Waals surface area contributed by atoms with E-state index in [9.17, 15) is 14.4 Å². The van der Waals surface area contributed by atoms with Gasteiger partial charge in [-0.1, -0.05) is 42.5 Å². The van der Waals surface area contributed by atoms with E-state index in [2.05, 4.69) is 20.6 Å². The fourth-order valence-corrected chi connectivity index (χ4v) is 3.59. The number of benzene rings is 2. The Balaban J connectivity index is 1.57. The molecule has 0 fully saturated rings. The summed E-state index contributed by atoms with van der Waals surface area (Å²) in [6, 6.07) is 17.4. The summed E-state index contributed by atoms with van der Waals surface area (Å²) in [6.45, 7) is 2.80. The Morgan fingerprint density at radius 1 is 0.939 bits per heavy atom. The van der Waals surface area contributed by atoms with Crippen LogP contribution in [0.4, 0.5) is 0 Å². The molecule has 4 aromatic rings. The molecule has 0 aliphatic carbocycles. The average Bonchev–Trinajstić information content (AvgIpc) is 3.25. The molecule has 2 aromatic carbocycles. The molecule has 8 nitrogen and oxygen atoms in total. The number of aromatic amines is 1. The zero-order valence-corrected chi connectivity index (χ0v) is 18.3. The van der Waals surface area contributed by atoms with Gasteiger partial charge in [-0.25, -0.2) is 4.98 Å². The normalized spacial score (nSPS) is 10.8. The molecular formula is C25H25N5O3. The van der Waals surface area contributed by atoms with Crippen LogP contribution >= 0.6 is 0 Å². The zero-order chi connectivity index (χ0) is 23.2. The number of aryl methyl sites for hydroxylation is 2. The van der Waals surface area contributed by atoms with Crippen LogP contribution in [-0.4, -0.2) is 32.9 Å². The molecule has 2 heterocycles. The Bertz CT molecular complexity index is 1310. The summed E-state index contributed by atoms with van der Waals surface area (Å²) in [5.74, 6) is -0.475. The smallest absolute Gasteiger partial charge is 0.257 e. The maximum atomic E-state index is 12.9. The molecule has 168 valence electrons. The van der Waals surface area contributed by atoms with E-state index in [-0.39, 0.29) is 17.7 Å². The van der Waals surface area contributed by atoms with E-state index >= 15 is 0 Å². The Morgan fingerprint density at radius 2 is 1.61 bits per heavy atom. The van der Waals surface area contributed by atoms with E-state index in [1.807, 2.05) is 54.6 Å². The van der Waals surface area contributed by atoms with Crippen LogP contribution < -0.4 is 16.1 Å². The minimum Gasteiger partial charge on any atom is -0.352 e. The van der Waals surface area contributed by atoms with Gasteiger partial charge in [0.2, 0.25) is 5.43 Å². The Labute approximate surface area is 190 Å². The van der Waals surface area contributed by atoms with Gasteiger partial charge in [-0.3, -0.25) is 14.4 Å². The number of amides is 2. The van der Waals surface area contributed by atoms with Gasteiger partial charge in [-0.2, -0.15) is 0 Å². The summed E-state index contributed by atoms with van der Waals surface area (Å²) in [4.78, 5) is 45.9. The minimum atomic E-state index is -0.598. The predicted octanol–water partition coefficient (Wildman–Crippen LogP) is 2.65. The lowest BCUT2D eigenvalue weighted by atomic mass is 10.1. The number of para-hydroxylation sites is 2. The highest BCUT2D eigenvalue weighted by Gasteiger charge is 2.19. The number of fused-ring (bicyclic) bond motifs is 1. The van der Waals surface area contributed by atoms with Crippen molar-refractivity contribution in [2.45, 2.75) is 26.4 Å². The first kappa shape index (κ1) is 22.0. The van der Waals surface area contributed by atoms with Gasteiger partial charge in [0.25, 0.3) is 11.8 Å². The summed E-state index contributed by atoms with van der Waals surface area (Å²) >= 11 is 0. The molecule has 0 spiro atoms. The molecule has 4 rings (SSSR count). The van der Waals surface area contributed by atoms with Gasteiger partial charge in [0.05, 0.1) is 17.6 Å². The molecule has 3 N–H and O–H groups in total. The number of rotatable bonds is 8. The maximum Gasteiger partial charge on any atom is 0.257 e.